The summed E-state index contributed by atoms with van der Waals surface area (Å²) in [5.74, 6) is 1.48. The van der Waals surface area contributed by atoms with Gasteiger partial charge in [-0.1, -0.05) is 12.1 Å². The van der Waals surface area contributed by atoms with Crippen LogP contribution in [-0.2, 0) is 13.5 Å². The first-order valence-electron chi connectivity index (χ1n) is 5.21. The number of hydrogen-bond donors (Lipinski definition) is 1. The summed E-state index contributed by atoms with van der Waals surface area (Å²) in [7, 11) is 1.85. The first kappa shape index (κ1) is 10.8. The van der Waals surface area contributed by atoms with Gasteiger partial charge >= 0.3 is 0 Å². The molecule has 1 unspecified atom stereocenters. The SMILES string of the molecule is CC(CN)Cc1nc(-c2ccn(C)n2)no1. The molecule has 0 bridgehead atoms. The molecule has 2 aromatic heterocycles. The quantitative estimate of drug-likeness (QED) is 0.817. The van der Waals surface area contributed by atoms with Crippen LogP contribution in [0.1, 0.15) is 12.8 Å². The van der Waals surface area contributed by atoms with Crippen molar-refractivity contribution in [2.45, 2.75) is 13.3 Å². The molecule has 0 saturated carbocycles. The maximum atomic E-state index is 5.54. The lowest BCUT2D eigenvalue weighted by Crippen LogP contribution is -2.13. The van der Waals surface area contributed by atoms with E-state index in [-0.39, 0.29) is 0 Å². The van der Waals surface area contributed by atoms with Crippen LogP contribution in [0.2, 0.25) is 0 Å². The number of hydrogen-bond acceptors (Lipinski definition) is 5. The van der Waals surface area contributed by atoms with Crippen molar-refractivity contribution < 1.29 is 4.52 Å². The zero-order valence-electron chi connectivity index (χ0n) is 9.42. The minimum atomic E-state index is 0.344. The van der Waals surface area contributed by atoms with Crippen LogP contribution in [0, 0.1) is 5.92 Å². The Kier molecular flexibility index (Phi) is 3.00. The predicted octanol–water partition coefficient (Wildman–Crippen LogP) is 0.607. The molecule has 0 saturated heterocycles. The Hall–Kier alpha value is -1.69. The highest BCUT2D eigenvalue weighted by Crippen LogP contribution is 2.14. The lowest BCUT2D eigenvalue weighted by Gasteiger charge is -2.01. The van der Waals surface area contributed by atoms with Crippen LogP contribution in [0.15, 0.2) is 16.8 Å². The summed E-state index contributed by atoms with van der Waals surface area (Å²) < 4.78 is 6.84. The standard InChI is InChI=1S/C10H15N5O/c1-7(6-11)5-9-12-10(14-16-9)8-3-4-15(2)13-8/h3-4,7H,5-6,11H2,1-2H3. The molecule has 2 aromatic rings. The van der Waals surface area contributed by atoms with Crippen molar-refractivity contribution in [2.75, 3.05) is 6.54 Å². The summed E-state index contributed by atoms with van der Waals surface area (Å²) in [6.07, 6.45) is 2.55. The molecule has 2 N–H and O–H groups in total. The van der Waals surface area contributed by atoms with Crippen molar-refractivity contribution >= 4 is 0 Å². The summed E-state index contributed by atoms with van der Waals surface area (Å²) >= 11 is 0. The summed E-state index contributed by atoms with van der Waals surface area (Å²) in [5.41, 5.74) is 6.26. The molecular weight excluding hydrogens is 206 g/mol. The largest absolute Gasteiger partial charge is 0.339 e. The van der Waals surface area contributed by atoms with E-state index in [1.807, 2.05) is 26.2 Å². The van der Waals surface area contributed by atoms with Crippen molar-refractivity contribution in [3.63, 3.8) is 0 Å². The number of aromatic nitrogens is 4. The lowest BCUT2D eigenvalue weighted by molar-refractivity contribution is 0.359. The third-order valence-corrected chi connectivity index (χ3v) is 2.34. The van der Waals surface area contributed by atoms with Crippen LogP contribution in [0.3, 0.4) is 0 Å². The van der Waals surface area contributed by atoms with Gasteiger partial charge in [0.2, 0.25) is 11.7 Å². The molecule has 6 heteroatoms. The Balaban J connectivity index is 2.13. The normalized spacial score (nSPS) is 12.9. The maximum Gasteiger partial charge on any atom is 0.227 e. The van der Waals surface area contributed by atoms with Gasteiger partial charge in [0, 0.05) is 19.7 Å². The van der Waals surface area contributed by atoms with E-state index in [2.05, 4.69) is 15.2 Å². The summed E-state index contributed by atoms with van der Waals surface area (Å²) in [5, 5.41) is 8.08. The fourth-order valence-corrected chi connectivity index (χ4v) is 1.36. The molecule has 0 radical (unpaired) electrons. The Bertz CT molecular complexity index is 461. The summed E-state index contributed by atoms with van der Waals surface area (Å²) in [4.78, 5) is 4.27. The molecule has 2 rings (SSSR count). The second kappa shape index (κ2) is 4.44. The van der Waals surface area contributed by atoms with Crippen molar-refractivity contribution in [1.29, 1.82) is 0 Å². The van der Waals surface area contributed by atoms with Gasteiger partial charge in [0.1, 0.15) is 5.69 Å². The molecule has 2 heterocycles. The van der Waals surface area contributed by atoms with E-state index in [1.54, 1.807) is 4.68 Å². The average Bonchev–Trinajstić information content (AvgIpc) is 2.87. The average molecular weight is 221 g/mol. The molecule has 0 amide bonds. The van der Waals surface area contributed by atoms with Crippen LogP contribution in [-0.4, -0.2) is 26.5 Å². The van der Waals surface area contributed by atoms with Gasteiger partial charge in [0.05, 0.1) is 0 Å². The molecule has 0 aliphatic heterocycles. The molecule has 0 aliphatic rings. The van der Waals surface area contributed by atoms with E-state index in [0.717, 1.165) is 5.69 Å². The zero-order chi connectivity index (χ0) is 11.5. The van der Waals surface area contributed by atoms with E-state index in [0.29, 0.717) is 30.6 Å². The van der Waals surface area contributed by atoms with E-state index in [1.165, 1.54) is 0 Å². The van der Waals surface area contributed by atoms with E-state index >= 15 is 0 Å². The first-order valence-corrected chi connectivity index (χ1v) is 5.21. The summed E-state index contributed by atoms with van der Waals surface area (Å²) in [6.45, 7) is 2.66. The Morgan fingerprint density at radius 1 is 1.56 bits per heavy atom. The van der Waals surface area contributed by atoms with Gasteiger partial charge in [-0.2, -0.15) is 10.1 Å². The van der Waals surface area contributed by atoms with Crippen LogP contribution in [0.4, 0.5) is 0 Å². The molecule has 86 valence electrons. The topological polar surface area (TPSA) is 82.8 Å². The fourth-order valence-electron chi connectivity index (χ4n) is 1.36. The number of rotatable bonds is 4. The van der Waals surface area contributed by atoms with Gasteiger partial charge in [-0.3, -0.25) is 4.68 Å². The lowest BCUT2D eigenvalue weighted by atomic mass is 10.1. The highest BCUT2D eigenvalue weighted by molar-refractivity contribution is 5.46. The predicted molar refractivity (Wildman–Crippen MR) is 58.4 cm³/mol. The maximum absolute atomic E-state index is 5.54. The van der Waals surface area contributed by atoms with Crippen LogP contribution in [0.5, 0.6) is 0 Å². The third-order valence-electron chi connectivity index (χ3n) is 2.34. The zero-order valence-corrected chi connectivity index (χ0v) is 9.42. The van der Waals surface area contributed by atoms with E-state index in [9.17, 15) is 0 Å². The smallest absolute Gasteiger partial charge is 0.227 e. The summed E-state index contributed by atoms with van der Waals surface area (Å²) in [6, 6.07) is 1.85. The number of aryl methyl sites for hydroxylation is 1. The minimum absolute atomic E-state index is 0.344. The molecule has 0 aromatic carbocycles. The highest BCUT2D eigenvalue weighted by atomic mass is 16.5. The molecule has 0 spiro atoms. The van der Waals surface area contributed by atoms with Gasteiger partial charge in [0.15, 0.2) is 0 Å². The molecular formula is C10H15N5O. The second-order valence-electron chi connectivity index (χ2n) is 3.93. The molecule has 16 heavy (non-hydrogen) atoms. The van der Waals surface area contributed by atoms with Crippen molar-refractivity contribution in [2.24, 2.45) is 18.7 Å². The van der Waals surface area contributed by atoms with Crippen molar-refractivity contribution in [3.05, 3.63) is 18.2 Å². The van der Waals surface area contributed by atoms with Gasteiger partial charge in [-0.15, -0.1) is 0 Å². The Labute approximate surface area is 93.4 Å². The molecule has 1 atom stereocenters. The number of nitrogens with two attached hydrogens (primary N) is 1. The van der Waals surface area contributed by atoms with E-state index in [4.69, 9.17) is 10.3 Å². The second-order valence-corrected chi connectivity index (χ2v) is 3.93. The first-order chi connectivity index (χ1) is 7.69. The Morgan fingerprint density at radius 3 is 3.00 bits per heavy atom. The van der Waals surface area contributed by atoms with Crippen molar-refractivity contribution in [1.82, 2.24) is 19.9 Å². The molecule has 0 aliphatic carbocycles. The molecule has 6 nitrogen and oxygen atoms in total. The van der Waals surface area contributed by atoms with Crippen LogP contribution < -0.4 is 5.73 Å². The van der Waals surface area contributed by atoms with Gasteiger partial charge in [-0.05, 0) is 18.5 Å². The van der Waals surface area contributed by atoms with Gasteiger partial charge < -0.3 is 10.3 Å². The van der Waals surface area contributed by atoms with Crippen molar-refractivity contribution in [3.8, 4) is 11.5 Å². The third kappa shape index (κ3) is 2.27. The fraction of sp³-hybridized carbons (Fsp3) is 0.500. The highest BCUT2D eigenvalue weighted by Gasteiger charge is 2.12. The number of nitrogens with zero attached hydrogens (tertiary/aromatic N) is 4. The van der Waals surface area contributed by atoms with E-state index < -0.39 is 0 Å². The van der Waals surface area contributed by atoms with Gasteiger partial charge in [-0.25, -0.2) is 0 Å². The van der Waals surface area contributed by atoms with Crippen LogP contribution in [0.25, 0.3) is 11.5 Å². The van der Waals surface area contributed by atoms with Gasteiger partial charge in [0.25, 0.3) is 0 Å². The Morgan fingerprint density at radius 2 is 2.38 bits per heavy atom. The van der Waals surface area contributed by atoms with Crippen LogP contribution >= 0.6 is 0 Å². The minimum Gasteiger partial charge on any atom is -0.339 e. The monoisotopic (exact) mass is 221 g/mol. The molecule has 0 fully saturated rings.